The Morgan fingerprint density at radius 1 is 1.53 bits per heavy atom. The van der Waals surface area contributed by atoms with Crippen LogP contribution < -0.4 is 5.32 Å². The molecule has 1 heterocycles. The lowest BCUT2D eigenvalue weighted by Crippen LogP contribution is -2.27. The molecule has 0 fully saturated rings. The van der Waals surface area contributed by atoms with Gasteiger partial charge in [-0.05, 0) is 47.7 Å². The maximum absolute atomic E-state index is 11.8. The molecule has 1 N–H and O–H groups in total. The van der Waals surface area contributed by atoms with Crippen molar-refractivity contribution in [3.8, 4) is 0 Å². The number of halogens is 2. The Hall–Kier alpha value is -0.820. The number of nitrogens with zero attached hydrogens (tertiary/aromatic N) is 2. The van der Waals surface area contributed by atoms with Gasteiger partial charge in [0.1, 0.15) is 12.4 Å². The zero-order chi connectivity index (χ0) is 13.8. The molecule has 1 aromatic heterocycles. The number of amides is 1. The van der Waals surface area contributed by atoms with Gasteiger partial charge in [0.25, 0.3) is 0 Å². The molecule has 0 aliphatic heterocycles. The van der Waals surface area contributed by atoms with Crippen molar-refractivity contribution in [2.45, 2.75) is 19.9 Å². The van der Waals surface area contributed by atoms with Crippen LogP contribution in [0.1, 0.15) is 12.7 Å². The van der Waals surface area contributed by atoms with Crippen LogP contribution in [0.15, 0.2) is 18.2 Å². The first-order valence-corrected chi connectivity index (χ1v) is 7.74. The Bertz CT molecular complexity index is 597. The zero-order valence-corrected chi connectivity index (χ0v) is 13.5. The van der Waals surface area contributed by atoms with Crippen LogP contribution >= 0.6 is 34.2 Å². The van der Waals surface area contributed by atoms with Crippen molar-refractivity contribution in [1.82, 2.24) is 14.9 Å². The van der Waals surface area contributed by atoms with Gasteiger partial charge in [0, 0.05) is 22.4 Å². The number of aromatic nitrogens is 2. The summed E-state index contributed by atoms with van der Waals surface area (Å²) in [5.74, 6) is 1.35. The SMILES string of the molecule is CCNC(=O)Cn1c(CCCl)nc2cc(I)ccc21. The monoisotopic (exact) mass is 391 g/mol. The number of carbonyl (C=O) groups is 1. The van der Waals surface area contributed by atoms with Gasteiger partial charge in [0.15, 0.2) is 0 Å². The topological polar surface area (TPSA) is 46.9 Å². The van der Waals surface area contributed by atoms with E-state index in [2.05, 4.69) is 32.9 Å². The molecule has 0 saturated carbocycles. The summed E-state index contributed by atoms with van der Waals surface area (Å²) in [4.78, 5) is 16.4. The number of fused-ring (bicyclic) bond motifs is 1. The summed E-state index contributed by atoms with van der Waals surface area (Å²) < 4.78 is 3.07. The molecule has 1 amide bonds. The first kappa shape index (κ1) is 14.6. The molecule has 6 heteroatoms. The molecule has 4 nitrogen and oxygen atoms in total. The standard InChI is InChI=1S/C13H15ClIN3O/c1-2-16-13(19)8-18-11-4-3-9(15)7-10(11)17-12(18)5-6-14/h3-4,7H,2,5-6,8H2,1H3,(H,16,19). The van der Waals surface area contributed by atoms with Crippen LogP contribution in [0.5, 0.6) is 0 Å². The van der Waals surface area contributed by atoms with Gasteiger partial charge in [0.2, 0.25) is 5.91 Å². The highest BCUT2D eigenvalue weighted by atomic mass is 127. The normalized spacial score (nSPS) is 10.9. The largest absolute Gasteiger partial charge is 0.355 e. The summed E-state index contributed by atoms with van der Waals surface area (Å²) in [6.07, 6.45) is 0.659. The third-order valence-electron chi connectivity index (χ3n) is 2.78. The van der Waals surface area contributed by atoms with Crippen molar-refractivity contribution in [1.29, 1.82) is 0 Å². The number of hydrogen-bond acceptors (Lipinski definition) is 2. The molecule has 2 rings (SSSR count). The summed E-state index contributed by atoms with van der Waals surface area (Å²) in [5, 5.41) is 2.81. The molecular formula is C13H15ClIN3O. The predicted octanol–water partition coefficient (Wildman–Crippen LogP) is 2.56. The number of hydrogen-bond donors (Lipinski definition) is 1. The third-order valence-corrected chi connectivity index (χ3v) is 3.64. The van der Waals surface area contributed by atoms with Crippen LogP contribution in [0.3, 0.4) is 0 Å². The number of alkyl halides is 1. The van der Waals surface area contributed by atoms with Gasteiger partial charge in [0.05, 0.1) is 11.0 Å². The van der Waals surface area contributed by atoms with Crippen LogP contribution in [-0.2, 0) is 17.8 Å². The van der Waals surface area contributed by atoms with Crippen LogP contribution in [0.25, 0.3) is 11.0 Å². The van der Waals surface area contributed by atoms with Crippen molar-refractivity contribution < 1.29 is 4.79 Å². The zero-order valence-electron chi connectivity index (χ0n) is 10.6. The predicted molar refractivity (Wildman–Crippen MR) is 85.6 cm³/mol. The minimum Gasteiger partial charge on any atom is -0.355 e. The van der Waals surface area contributed by atoms with Crippen molar-refractivity contribution >= 4 is 51.1 Å². The summed E-state index contributed by atoms with van der Waals surface area (Å²) in [6, 6.07) is 6.03. The van der Waals surface area contributed by atoms with E-state index in [1.54, 1.807) is 0 Å². The Morgan fingerprint density at radius 2 is 2.32 bits per heavy atom. The van der Waals surface area contributed by atoms with Crippen LogP contribution in [0.2, 0.25) is 0 Å². The van der Waals surface area contributed by atoms with Gasteiger partial charge in [-0.1, -0.05) is 0 Å². The van der Waals surface area contributed by atoms with E-state index in [1.807, 2.05) is 29.7 Å². The fraction of sp³-hybridized carbons (Fsp3) is 0.385. The molecule has 0 saturated heterocycles. The molecule has 0 aliphatic rings. The highest BCUT2D eigenvalue weighted by Crippen LogP contribution is 2.19. The van der Waals surface area contributed by atoms with Crippen molar-refractivity contribution in [3.05, 3.63) is 27.6 Å². The Morgan fingerprint density at radius 3 is 3.00 bits per heavy atom. The lowest BCUT2D eigenvalue weighted by molar-refractivity contribution is -0.121. The smallest absolute Gasteiger partial charge is 0.239 e. The average molecular weight is 392 g/mol. The number of carbonyl (C=O) groups excluding carboxylic acids is 1. The summed E-state index contributed by atoms with van der Waals surface area (Å²) in [6.45, 7) is 2.83. The van der Waals surface area contributed by atoms with E-state index < -0.39 is 0 Å². The second-order valence-corrected chi connectivity index (χ2v) is 5.76. The molecule has 19 heavy (non-hydrogen) atoms. The first-order chi connectivity index (χ1) is 9.15. The number of aryl methyl sites for hydroxylation is 1. The first-order valence-electron chi connectivity index (χ1n) is 6.13. The van der Waals surface area contributed by atoms with E-state index >= 15 is 0 Å². The van der Waals surface area contributed by atoms with Crippen LogP contribution in [0.4, 0.5) is 0 Å². The van der Waals surface area contributed by atoms with Crippen molar-refractivity contribution in [2.75, 3.05) is 12.4 Å². The highest BCUT2D eigenvalue weighted by Gasteiger charge is 2.13. The van der Waals surface area contributed by atoms with Crippen molar-refractivity contribution in [3.63, 3.8) is 0 Å². The summed E-state index contributed by atoms with van der Waals surface area (Å²) in [5.41, 5.74) is 1.89. The van der Waals surface area contributed by atoms with E-state index in [1.165, 1.54) is 0 Å². The molecule has 0 atom stereocenters. The van der Waals surface area contributed by atoms with E-state index in [0.29, 0.717) is 18.8 Å². The number of benzene rings is 1. The van der Waals surface area contributed by atoms with Crippen molar-refractivity contribution in [2.24, 2.45) is 0 Å². The maximum atomic E-state index is 11.8. The Balaban J connectivity index is 2.42. The quantitative estimate of drug-likeness (QED) is 0.629. The van der Waals surface area contributed by atoms with Gasteiger partial charge in [-0.2, -0.15) is 0 Å². The van der Waals surface area contributed by atoms with Crippen LogP contribution in [-0.4, -0.2) is 27.9 Å². The molecule has 0 radical (unpaired) electrons. The molecule has 0 aliphatic carbocycles. The lowest BCUT2D eigenvalue weighted by Gasteiger charge is -2.08. The second-order valence-electron chi connectivity index (χ2n) is 4.14. The lowest BCUT2D eigenvalue weighted by atomic mass is 10.3. The van der Waals surface area contributed by atoms with E-state index in [0.717, 1.165) is 20.4 Å². The van der Waals surface area contributed by atoms with Gasteiger partial charge in [-0.25, -0.2) is 4.98 Å². The molecular weight excluding hydrogens is 377 g/mol. The van der Waals surface area contributed by atoms with E-state index in [-0.39, 0.29) is 12.5 Å². The molecule has 0 bridgehead atoms. The van der Waals surface area contributed by atoms with Gasteiger partial charge >= 0.3 is 0 Å². The molecule has 2 aromatic rings. The molecule has 0 unspecified atom stereocenters. The van der Waals surface area contributed by atoms with E-state index in [4.69, 9.17) is 11.6 Å². The number of likely N-dealkylation sites (N-methyl/N-ethyl adjacent to an activating group) is 1. The second kappa shape index (κ2) is 6.56. The number of rotatable bonds is 5. The Kier molecular flexibility index (Phi) is 5.04. The van der Waals surface area contributed by atoms with Crippen LogP contribution in [0, 0.1) is 3.57 Å². The minimum absolute atomic E-state index is 0.00354. The third kappa shape index (κ3) is 3.39. The summed E-state index contributed by atoms with van der Waals surface area (Å²) in [7, 11) is 0. The molecule has 0 spiro atoms. The molecule has 102 valence electrons. The molecule has 1 aromatic carbocycles. The number of nitrogens with one attached hydrogen (secondary N) is 1. The average Bonchev–Trinajstić information content (AvgIpc) is 2.67. The maximum Gasteiger partial charge on any atom is 0.239 e. The fourth-order valence-electron chi connectivity index (χ4n) is 2.00. The number of imidazole rings is 1. The highest BCUT2D eigenvalue weighted by molar-refractivity contribution is 14.1. The minimum atomic E-state index is -0.00354. The van der Waals surface area contributed by atoms with Gasteiger partial charge in [-0.3, -0.25) is 4.79 Å². The van der Waals surface area contributed by atoms with Gasteiger partial charge in [-0.15, -0.1) is 11.6 Å². The van der Waals surface area contributed by atoms with E-state index in [9.17, 15) is 4.79 Å². The van der Waals surface area contributed by atoms with Gasteiger partial charge < -0.3 is 9.88 Å². The summed E-state index contributed by atoms with van der Waals surface area (Å²) >= 11 is 8.06. The fourth-order valence-corrected chi connectivity index (χ4v) is 2.65. The Labute approximate surface area is 130 Å².